The van der Waals surface area contributed by atoms with E-state index in [1.807, 2.05) is 12.1 Å². The first-order valence-corrected chi connectivity index (χ1v) is 5.92. The van der Waals surface area contributed by atoms with Crippen LogP contribution in [0.1, 0.15) is 31.4 Å². The van der Waals surface area contributed by atoms with E-state index in [1.165, 1.54) is 11.1 Å². The number of aryl methyl sites for hydroxylation is 1. The molecule has 0 aliphatic heterocycles. The Morgan fingerprint density at radius 2 is 2.00 bits per heavy atom. The van der Waals surface area contributed by atoms with Crippen LogP contribution in [0.25, 0.3) is 0 Å². The van der Waals surface area contributed by atoms with Gasteiger partial charge < -0.3 is 10.5 Å². The van der Waals surface area contributed by atoms with Gasteiger partial charge in [-0.25, -0.2) is 0 Å². The van der Waals surface area contributed by atoms with Crippen LogP contribution < -0.4 is 10.5 Å². The molecule has 2 nitrogen and oxygen atoms in total. The molecule has 90 valence electrons. The minimum Gasteiger partial charge on any atom is -0.496 e. The Bertz CT molecular complexity index is 334. The summed E-state index contributed by atoms with van der Waals surface area (Å²) in [7, 11) is 1.73. The molecule has 2 heteroatoms. The van der Waals surface area contributed by atoms with Gasteiger partial charge in [-0.3, -0.25) is 0 Å². The SMILES string of the molecule is COc1cccc(C)c1CC(C)CC(C)N. The topological polar surface area (TPSA) is 35.2 Å². The third-order valence-corrected chi connectivity index (χ3v) is 2.91. The highest BCUT2D eigenvalue weighted by Crippen LogP contribution is 2.25. The van der Waals surface area contributed by atoms with Gasteiger partial charge >= 0.3 is 0 Å². The summed E-state index contributed by atoms with van der Waals surface area (Å²) in [5, 5.41) is 0. The molecule has 0 aromatic heterocycles. The molecule has 0 fully saturated rings. The van der Waals surface area contributed by atoms with Crippen molar-refractivity contribution in [3.63, 3.8) is 0 Å². The van der Waals surface area contributed by atoms with Crippen molar-refractivity contribution < 1.29 is 4.74 Å². The largest absolute Gasteiger partial charge is 0.496 e. The Kier molecular flexibility index (Phi) is 4.81. The van der Waals surface area contributed by atoms with Crippen molar-refractivity contribution in [2.75, 3.05) is 7.11 Å². The molecule has 1 rings (SSSR count). The summed E-state index contributed by atoms with van der Waals surface area (Å²) in [5.74, 6) is 1.59. The fourth-order valence-corrected chi connectivity index (χ4v) is 2.19. The van der Waals surface area contributed by atoms with E-state index >= 15 is 0 Å². The molecule has 0 radical (unpaired) electrons. The van der Waals surface area contributed by atoms with Gasteiger partial charge in [0.2, 0.25) is 0 Å². The summed E-state index contributed by atoms with van der Waals surface area (Å²) >= 11 is 0. The van der Waals surface area contributed by atoms with Gasteiger partial charge in [-0.15, -0.1) is 0 Å². The van der Waals surface area contributed by atoms with E-state index in [4.69, 9.17) is 10.5 Å². The van der Waals surface area contributed by atoms with Gasteiger partial charge in [0.05, 0.1) is 7.11 Å². The number of hydrogen-bond acceptors (Lipinski definition) is 2. The molecular formula is C14H23NO. The van der Waals surface area contributed by atoms with E-state index in [2.05, 4.69) is 26.8 Å². The van der Waals surface area contributed by atoms with E-state index in [0.29, 0.717) is 5.92 Å². The number of nitrogens with two attached hydrogens (primary N) is 1. The predicted octanol–water partition coefficient (Wildman–Crippen LogP) is 2.92. The highest BCUT2D eigenvalue weighted by atomic mass is 16.5. The van der Waals surface area contributed by atoms with Gasteiger partial charge in [-0.2, -0.15) is 0 Å². The number of ether oxygens (including phenoxy) is 1. The monoisotopic (exact) mass is 221 g/mol. The lowest BCUT2D eigenvalue weighted by molar-refractivity contribution is 0.400. The van der Waals surface area contributed by atoms with E-state index < -0.39 is 0 Å². The van der Waals surface area contributed by atoms with Gasteiger partial charge in [0.25, 0.3) is 0 Å². The van der Waals surface area contributed by atoms with E-state index in [9.17, 15) is 0 Å². The maximum atomic E-state index is 5.82. The van der Waals surface area contributed by atoms with Crippen molar-refractivity contribution in [1.82, 2.24) is 0 Å². The molecular weight excluding hydrogens is 198 g/mol. The molecule has 0 spiro atoms. The Balaban J connectivity index is 2.79. The third-order valence-electron chi connectivity index (χ3n) is 2.91. The number of hydrogen-bond donors (Lipinski definition) is 1. The van der Waals surface area contributed by atoms with Crippen LogP contribution in [0, 0.1) is 12.8 Å². The quantitative estimate of drug-likeness (QED) is 0.829. The van der Waals surface area contributed by atoms with Crippen LogP contribution in [0.5, 0.6) is 5.75 Å². The minimum atomic E-state index is 0.269. The Labute approximate surface area is 98.8 Å². The van der Waals surface area contributed by atoms with Crippen molar-refractivity contribution in [2.24, 2.45) is 11.7 Å². The van der Waals surface area contributed by atoms with Gasteiger partial charge in [-0.05, 0) is 49.8 Å². The number of benzene rings is 1. The van der Waals surface area contributed by atoms with Gasteiger partial charge in [0.1, 0.15) is 5.75 Å². The van der Waals surface area contributed by atoms with Gasteiger partial charge in [-0.1, -0.05) is 19.1 Å². The average Bonchev–Trinajstić information content (AvgIpc) is 2.20. The van der Waals surface area contributed by atoms with E-state index in [-0.39, 0.29) is 6.04 Å². The van der Waals surface area contributed by atoms with E-state index in [1.54, 1.807) is 7.11 Å². The first-order valence-electron chi connectivity index (χ1n) is 5.92. The highest BCUT2D eigenvalue weighted by molar-refractivity contribution is 5.39. The normalized spacial score (nSPS) is 14.6. The molecule has 0 aliphatic rings. The summed E-state index contributed by atoms with van der Waals surface area (Å²) in [5.41, 5.74) is 8.44. The zero-order chi connectivity index (χ0) is 12.1. The molecule has 0 amide bonds. The third kappa shape index (κ3) is 3.53. The lowest BCUT2D eigenvalue weighted by atomic mass is 9.92. The molecule has 0 aliphatic carbocycles. The molecule has 2 N–H and O–H groups in total. The zero-order valence-electron chi connectivity index (χ0n) is 10.8. The zero-order valence-corrected chi connectivity index (χ0v) is 10.8. The lowest BCUT2D eigenvalue weighted by Crippen LogP contribution is -2.19. The summed E-state index contributed by atoms with van der Waals surface area (Å²) in [6, 6.07) is 6.47. The Morgan fingerprint density at radius 3 is 2.56 bits per heavy atom. The number of rotatable bonds is 5. The fraction of sp³-hybridized carbons (Fsp3) is 0.571. The van der Waals surface area contributed by atoms with Gasteiger partial charge in [0.15, 0.2) is 0 Å². The second-order valence-corrected chi connectivity index (χ2v) is 4.78. The van der Waals surface area contributed by atoms with Crippen molar-refractivity contribution >= 4 is 0 Å². The summed E-state index contributed by atoms with van der Waals surface area (Å²) in [6.07, 6.45) is 2.09. The van der Waals surface area contributed by atoms with Crippen molar-refractivity contribution in [3.05, 3.63) is 29.3 Å². The van der Waals surface area contributed by atoms with Crippen molar-refractivity contribution in [1.29, 1.82) is 0 Å². The highest BCUT2D eigenvalue weighted by Gasteiger charge is 2.11. The van der Waals surface area contributed by atoms with Crippen LogP contribution >= 0.6 is 0 Å². The molecule has 2 atom stereocenters. The summed E-state index contributed by atoms with van der Waals surface area (Å²) in [6.45, 7) is 6.44. The fourth-order valence-electron chi connectivity index (χ4n) is 2.19. The van der Waals surface area contributed by atoms with Crippen LogP contribution in [-0.4, -0.2) is 13.2 Å². The Morgan fingerprint density at radius 1 is 1.31 bits per heavy atom. The van der Waals surface area contributed by atoms with Crippen LogP contribution in [0.3, 0.4) is 0 Å². The standard InChI is InChI=1S/C14H23NO/c1-10(8-12(3)15)9-13-11(2)6-5-7-14(13)16-4/h5-7,10,12H,8-9,15H2,1-4H3. The number of methoxy groups -OCH3 is 1. The Hall–Kier alpha value is -1.02. The first-order chi connectivity index (χ1) is 7.54. The summed E-state index contributed by atoms with van der Waals surface area (Å²) in [4.78, 5) is 0. The molecule has 0 saturated heterocycles. The van der Waals surface area contributed by atoms with Crippen molar-refractivity contribution in [3.8, 4) is 5.75 Å². The van der Waals surface area contributed by atoms with Crippen LogP contribution in [0.15, 0.2) is 18.2 Å². The second-order valence-electron chi connectivity index (χ2n) is 4.78. The van der Waals surface area contributed by atoms with Crippen LogP contribution in [-0.2, 0) is 6.42 Å². The molecule has 1 aromatic rings. The lowest BCUT2D eigenvalue weighted by Gasteiger charge is -2.17. The predicted molar refractivity (Wildman–Crippen MR) is 68.9 cm³/mol. The first kappa shape index (κ1) is 13.0. The summed E-state index contributed by atoms with van der Waals surface area (Å²) < 4.78 is 5.40. The molecule has 0 saturated carbocycles. The molecule has 0 bridgehead atoms. The second kappa shape index (κ2) is 5.90. The smallest absolute Gasteiger partial charge is 0.122 e. The van der Waals surface area contributed by atoms with Gasteiger partial charge in [0, 0.05) is 6.04 Å². The minimum absolute atomic E-state index is 0.269. The average molecular weight is 221 g/mol. The molecule has 16 heavy (non-hydrogen) atoms. The molecule has 2 unspecified atom stereocenters. The van der Waals surface area contributed by atoms with Crippen LogP contribution in [0.4, 0.5) is 0 Å². The maximum Gasteiger partial charge on any atom is 0.122 e. The van der Waals surface area contributed by atoms with Crippen LogP contribution in [0.2, 0.25) is 0 Å². The van der Waals surface area contributed by atoms with E-state index in [0.717, 1.165) is 18.6 Å². The molecule has 1 aromatic carbocycles. The molecule has 0 heterocycles. The maximum absolute atomic E-state index is 5.82. The van der Waals surface area contributed by atoms with Crippen molar-refractivity contribution in [2.45, 2.75) is 39.7 Å².